The number of aryl methyl sites for hydroxylation is 3. The first kappa shape index (κ1) is 16.8. The third kappa shape index (κ3) is 3.57. The quantitative estimate of drug-likeness (QED) is 0.780. The maximum atomic E-state index is 12.6. The van der Waals surface area contributed by atoms with Crippen LogP contribution in [-0.2, 0) is 12.8 Å². The largest absolute Gasteiger partial charge is 0.495 e. The van der Waals surface area contributed by atoms with Crippen molar-refractivity contribution in [1.29, 1.82) is 0 Å². The Morgan fingerprint density at radius 2 is 1.79 bits per heavy atom. The van der Waals surface area contributed by atoms with Gasteiger partial charge < -0.3 is 10.1 Å². The zero-order valence-corrected chi connectivity index (χ0v) is 14.9. The second-order valence-corrected chi connectivity index (χ2v) is 6.73. The Hall–Kier alpha value is -2.00. The second kappa shape index (κ2) is 7.27. The minimum absolute atomic E-state index is 0.143. The van der Waals surface area contributed by atoms with Gasteiger partial charge in [0.1, 0.15) is 5.75 Å². The van der Waals surface area contributed by atoms with E-state index < -0.39 is 0 Å². The van der Waals surface area contributed by atoms with E-state index in [2.05, 4.69) is 17.4 Å². The number of methoxy groups -OCH3 is 1. The number of hydrogen-bond acceptors (Lipinski definition) is 2. The molecule has 3 rings (SSSR count). The molecule has 2 aromatic rings. The van der Waals surface area contributed by atoms with Crippen molar-refractivity contribution in [2.24, 2.45) is 0 Å². The van der Waals surface area contributed by atoms with Crippen molar-refractivity contribution in [2.45, 2.75) is 39.0 Å². The van der Waals surface area contributed by atoms with E-state index in [-0.39, 0.29) is 5.91 Å². The van der Waals surface area contributed by atoms with Crippen molar-refractivity contribution in [1.82, 2.24) is 0 Å². The molecule has 0 bridgehead atoms. The lowest BCUT2D eigenvalue weighted by Gasteiger charge is -2.15. The molecule has 0 aromatic heterocycles. The van der Waals surface area contributed by atoms with Crippen molar-refractivity contribution in [2.75, 3.05) is 12.4 Å². The molecule has 0 aliphatic heterocycles. The highest BCUT2D eigenvalue weighted by Crippen LogP contribution is 2.32. The van der Waals surface area contributed by atoms with Gasteiger partial charge in [0.25, 0.3) is 5.91 Å². The molecule has 0 fully saturated rings. The molecular weight excluding hydrogens is 322 g/mol. The monoisotopic (exact) mass is 343 g/mol. The van der Waals surface area contributed by atoms with Gasteiger partial charge in [-0.05, 0) is 79.6 Å². The van der Waals surface area contributed by atoms with E-state index >= 15 is 0 Å². The van der Waals surface area contributed by atoms with E-state index in [9.17, 15) is 4.79 Å². The van der Waals surface area contributed by atoms with Crippen molar-refractivity contribution < 1.29 is 9.53 Å². The summed E-state index contributed by atoms with van der Waals surface area (Å²) in [5, 5.41) is 3.63. The van der Waals surface area contributed by atoms with E-state index in [1.54, 1.807) is 25.3 Å². The molecular formula is C20H22ClNO2. The fourth-order valence-electron chi connectivity index (χ4n) is 3.28. The number of fused-ring (bicyclic) bond motifs is 1. The average Bonchev–Trinajstić information content (AvgIpc) is 2.78. The number of benzene rings is 2. The first-order valence-electron chi connectivity index (χ1n) is 8.36. The number of anilines is 1. The smallest absolute Gasteiger partial charge is 0.256 e. The van der Waals surface area contributed by atoms with Crippen LogP contribution in [-0.4, -0.2) is 13.0 Å². The predicted molar refractivity (Wildman–Crippen MR) is 98.4 cm³/mol. The normalized spacial score (nSPS) is 13.8. The van der Waals surface area contributed by atoms with Gasteiger partial charge in [0.2, 0.25) is 0 Å². The summed E-state index contributed by atoms with van der Waals surface area (Å²) in [6, 6.07) is 9.43. The molecule has 2 aromatic carbocycles. The van der Waals surface area contributed by atoms with Crippen molar-refractivity contribution in [3.05, 3.63) is 57.6 Å². The van der Waals surface area contributed by atoms with E-state index in [0.717, 1.165) is 29.8 Å². The Kier molecular flexibility index (Phi) is 5.10. The van der Waals surface area contributed by atoms with Gasteiger partial charge in [-0.15, -0.1) is 0 Å². The summed E-state index contributed by atoms with van der Waals surface area (Å²) in [6.45, 7) is 1.88. The Labute approximate surface area is 148 Å². The SMILES string of the molecule is COc1cc2c(cc1NC(=O)c1ccc(Cl)cc1C)CCCCC2. The molecule has 0 unspecified atom stereocenters. The van der Waals surface area contributed by atoms with Crippen LogP contribution in [0.5, 0.6) is 5.75 Å². The number of rotatable bonds is 3. The predicted octanol–water partition coefficient (Wildman–Crippen LogP) is 5.18. The van der Waals surface area contributed by atoms with Crippen LogP contribution in [0.3, 0.4) is 0 Å². The molecule has 1 aliphatic rings. The number of hydrogen-bond donors (Lipinski definition) is 1. The lowest BCUT2D eigenvalue weighted by atomic mass is 10.0. The Morgan fingerprint density at radius 1 is 1.08 bits per heavy atom. The third-order valence-electron chi connectivity index (χ3n) is 4.60. The lowest BCUT2D eigenvalue weighted by Crippen LogP contribution is -2.14. The minimum atomic E-state index is -0.143. The van der Waals surface area contributed by atoms with Gasteiger partial charge >= 0.3 is 0 Å². The number of amides is 1. The molecule has 1 N–H and O–H groups in total. The van der Waals surface area contributed by atoms with Gasteiger partial charge in [-0.3, -0.25) is 4.79 Å². The Balaban J connectivity index is 1.91. The number of carbonyl (C=O) groups is 1. The zero-order valence-electron chi connectivity index (χ0n) is 14.1. The van der Waals surface area contributed by atoms with Crippen LogP contribution in [0.1, 0.15) is 46.3 Å². The standard InChI is InChI=1S/C20H22ClNO2/c1-13-10-16(21)8-9-17(13)20(23)22-18-11-14-6-4-3-5-7-15(14)12-19(18)24-2/h8-12H,3-7H2,1-2H3,(H,22,23). The number of nitrogens with one attached hydrogen (secondary N) is 1. The molecule has 0 heterocycles. The minimum Gasteiger partial charge on any atom is -0.495 e. The van der Waals surface area contributed by atoms with Crippen molar-refractivity contribution >= 4 is 23.2 Å². The van der Waals surface area contributed by atoms with Crippen LogP contribution in [0.4, 0.5) is 5.69 Å². The van der Waals surface area contributed by atoms with Gasteiger partial charge in [0.05, 0.1) is 12.8 Å². The third-order valence-corrected chi connectivity index (χ3v) is 4.83. The highest BCUT2D eigenvalue weighted by atomic mass is 35.5. The summed E-state index contributed by atoms with van der Waals surface area (Å²) >= 11 is 5.97. The van der Waals surface area contributed by atoms with Gasteiger partial charge in [-0.25, -0.2) is 0 Å². The summed E-state index contributed by atoms with van der Waals surface area (Å²) < 4.78 is 5.50. The molecule has 24 heavy (non-hydrogen) atoms. The molecule has 0 saturated carbocycles. The molecule has 0 spiro atoms. The molecule has 3 nitrogen and oxygen atoms in total. The molecule has 0 radical (unpaired) electrons. The molecule has 0 saturated heterocycles. The van der Waals surface area contributed by atoms with Gasteiger partial charge in [0.15, 0.2) is 0 Å². The van der Waals surface area contributed by atoms with Crippen molar-refractivity contribution in [3.8, 4) is 5.75 Å². The van der Waals surface area contributed by atoms with E-state index in [1.165, 1.54) is 30.4 Å². The van der Waals surface area contributed by atoms with Crippen molar-refractivity contribution in [3.63, 3.8) is 0 Å². The zero-order chi connectivity index (χ0) is 17.1. The average molecular weight is 344 g/mol. The Bertz CT molecular complexity index is 770. The second-order valence-electron chi connectivity index (χ2n) is 6.30. The van der Waals surface area contributed by atoms with Gasteiger partial charge in [-0.2, -0.15) is 0 Å². The van der Waals surface area contributed by atoms with Crippen LogP contribution < -0.4 is 10.1 Å². The van der Waals surface area contributed by atoms with Crippen LogP contribution in [0, 0.1) is 6.92 Å². The summed E-state index contributed by atoms with van der Waals surface area (Å²) in [4.78, 5) is 12.6. The number of halogens is 1. The molecule has 4 heteroatoms. The first-order valence-corrected chi connectivity index (χ1v) is 8.73. The molecule has 126 valence electrons. The summed E-state index contributed by atoms with van der Waals surface area (Å²) in [6.07, 6.45) is 5.80. The highest BCUT2D eigenvalue weighted by Gasteiger charge is 2.16. The topological polar surface area (TPSA) is 38.3 Å². The first-order chi connectivity index (χ1) is 11.6. The van der Waals surface area contributed by atoms with E-state index in [0.29, 0.717) is 10.6 Å². The fraction of sp³-hybridized carbons (Fsp3) is 0.350. The van der Waals surface area contributed by atoms with Gasteiger partial charge in [-0.1, -0.05) is 18.0 Å². The van der Waals surface area contributed by atoms with Crippen LogP contribution in [0.15, 0.2) is 30.3 Å². The fourth-order valence-corrected chi connectivity index (χ4v) is 3.50. The van der Waals surface area contributed by atoms with Gasteiger partial charge in [0, 0.05) is 10.6 Å². The highest BCUT2D eigenvalue weighted by molar-refractivity contribution is 6.30. The number of carbonyl (C=O) groups excluding carboxylic acids is 1. The van der Waals surface area contributed by atoms with Crippen LogP contribution >= 0.6 is 11.6 Å². The maximum absolute atomic E-state index is 12.6. The summed E-state index contributed by atoms with van der Waals surface area (Å²) in [5.74, 6) is 0.576. The molecule has 0 atom stereocenters. The Morgan fingerprint density at radius 3 is 2.46 bits per heavy atom. The van der Waals surface area contributed by atoms with E-state index in [4.69, 9.17) is 16.3 Å². The molecule has 1 amide bonds. The summed E-state index contributed by atoms with van der Waals surface area (Å²) in [7, 11) is 1.64. The van der Waals surface area contributed by atoms with E-state index in [1.807, 2.05) is 6.92 Å². The van der Waals surface area contributed by atoms with Crippen LogP contribution in [0.25, 0.3) is 0 Å². The maximum Gasteiger partial charge on any atom is 0.256 e. The van der Waals surface area contributed by atoms with Crippen LogP contribution in [0.2, 0.25) is 5.02 Å². The number of ether oxygens (including phenoxy) is 1. The summed E-state index contributed by atoms with van der Waals surface area (Å²) in [5.41, 5.74) is 4.86. The molecule has 1 aliphatic carbocycles. The lowest BCUT2D eigenvalue weighted by molar-refractivity contribution is 0.102.